The number of carbonyl (C=O) groups excluding carboxylic acids is 1. The van der Waals surface area contributed by atoms with Gasteiger partial charge >= 0.3 is 0 Å². The number of nitrogens with zero attached hydrogens (tertiary/aromatic N) is 4. The largest absolute Gasteiger partial charge is 0.497 e. The standard InChI is InChI=1S/C24H28N4O3/c1-30-21-7-8-23(31-2)19(15-21)17-26-11-13-27(14-12-26)22-9-10-28(24(22)29)20-5-3-18(16-25)4-6-20/h3-8,15,22H,9-14,17H2,1-2H3. The molecule has 2 aliphatic rings. The topological polar surface area (TPSA) is 69.0 Å². The highest BCUT2D eigenvalue weighted by molar-refractivity contribution is 5.99. The number of methoxy groups -OCH3 is 2. The van der Waals surface area contributed by atoms with Gasteiger partial charge in [0.25, 0.3) is 0 Å². The van der Waals surface area contributed by atoms with Crippen molar-refractivity contribution >= 4 is 11.6 Å². The minimum absolute atomic E-state index is 0.0656. The van der Waals surface area contributed by atoms with E-state index in [9.17, 15) is 4.79 Å². The van der Waals surface area contributed by atoms with Crippen LogP contribution in [0.3, 0.4) is 0 Å². The molecule has 4 rings (SSSR count). The van der Waals surface area contributed by atoms with Crippen LogP contribution in [0.5, 0.6) is 11.5 Å². The van der Waals surface area contributed by atoms with Crippen LogP contribution in [-0.4, -0.2) is 68.7 Å². The Bertz CT molecular complexity index is 962. The summed E-state index contributed by atoms with van der Waals surface area (Å²) in [6.45, 7) is 5.05. The Kier molecular flexibility index (Phi) is 6.40. The number of amides is 1. The molecule has 2 aromatic rings. The van der Waals surface area contributed by atoms with E-state index in [1.807, 2.05) is 35.2 Å². The monoisotopic (exact) mass is 420 g/mol. The van der Waals surface area contributed by atoms with Crippen molar-refractivity contribution in [3.8, 4) is 17.6 Å². The third-order valence-electron chi connectivity index (χ3n) is 6.21. The average Bonchev–Trinajstić information content (AvgIpc) is 3.20. The molecule has 2 aromatic carbocycles. The lowest BCUT2D eigenvalue weighted by molar-refractivity contribution is -0.122. The first-order valence-electron chi connectivity index (χ1n) is 10.6. The number of benzene rings is 2. The van der Waals surface area contributed by atoms with E-state index in [0.717, 1.165) is 68.4 Å². The van der Waals surface area contributed by atoms with Crippen LogP contribution < -0.4 is 14.4 Å². The Morgan fingerprint density at radius 1 is 1.00 bits per heavy atom. The maximum absolute atomic E-state index is 13.1. The van der Waals surface area contributed by atoms with Gasteiger partial charge < -0.3 is 14.4 Å². The lowest BCUT2D eigenvalue weighted by Gasteiger charge is -2.37. The van der Waals surface area contributed by atoms with Crippen molar-refractivity contribution in [2.45, 2.75) is 19.0 Å². The summed E-state index contributed by atoms with van der Waals surface area (Å²) in [5.74, 6) is 1.86. The average molecular weight is 421 g/mol. The maximum atomic E-state index is 13.1. The van der Waals surface area contributed by atoms with E-state index in [1.54, 1.807) is 26.4 Å². The van der Waals surface area contributed by atoms with Crippen LogP contribution in [0.15, 0.2) is 42.5 Å². The number of hydrogen-bond donors (Lipinski definition) is 0. The molecule has 1 unspecified atom stereocenters. The Labute approximate surface area is 183 Å². The normalized spacial score (nSPS) is 20.0. The zero-order valence-electron chi connectivity index (χ0n) is 18.1. The first kappa shape index (κ1) is 21.2. The molecule has 162 valence electrons. The van der Waals surface area contributed by atoms with Crippen LogP contribution >= 0.6 is 0 Å². The lowest BCUT2D eigenvalue weighted by atomic mass is 10.1. The van der Waals surface area contributed by atoms with Crippen molar-refractivity contribution in [1.82, 2.24) is 9.80 Å². The third-order valence-corrected chi connectivity index (χ3v) is 6.21. The van der Waals surface area contributed by atoms with Gasteiger partial charge in [0.05, 0.1) is 31.9 Å². The Morgan fingerprint density at radius 3 is 2.39 bits per heavy atom. The first-order chi connectivity index (χ1) is 15.1. The van der Waals surface area contributed by atoms with E-state index in [0.29, 0.717) is 5.56 Å². The molecule has 0 aromatic heterocycles. The highest BCUT2D eigenvalue weighted by atomic mass is 16.5. The van der Waals surface area contributed by atoms with Crippen LogP contribution in [0.4, 0.5) is 5.69 Å². The first-order valence-corrected chi connectivity index (χ1v) is 10.6. The Balaban J connectivity index is 1.35. The van der Waals surface area contributed by atoms with E-state index in [4.69, 9.17) is 14.7 Å². The molecule has 31 heavy (non-hydrogen) atoms. The van der Waals surface area contributed by atoms with Gasteiger partial charge in [0, 0.05) is 50.5 Å². The summed E-state index contributed by atoms with van der Waals surface area (Å²) in [6, 6.07) is 15.2. The smallest absolute Gasteiger partial charge is 0.244 e. The summed E-state index contributed by atoms with van der Waals surface area (Å²) in [6.07, 6.45) is 0.836. The molecule has 0 bridgehead atoms. The molecule has 2 heterocycles. The van der Waals surface area contributed by atoms with Gasteiger partial charge in [-0.05, 0) is 48.9 Å². The molecule has 0 N–H and O–H groups in total. The minimum atomic E-state index is -0.0656. The van der Waals surface area contributed by atoms with Gasteiger partial charge in [-0.2, -0.15) is 5.26 Å². The van der Waals surface area contributed by atoms with Crippen LogP contribution in [-0.2, 0) is 11.3 Å². The Hall–Kier alpha value is -3.08. The summed E-state index contributed by atoms with van der Waals surface area (Å²) in [4.78, 5) is 19.6. The van der Waals surface area contributed by atoms with Crippen LogP contribution in [0.25, 0.3) is 0 Å². The number of rotatable bonds is 6. The second-order valence-electron chi connectivity index (χ2n) is 7.94. The molecule has 2 saturated heterocycles. The highest BCUT2D eigenvalue weighted by Gasteiger charge is 2.37. The van der Waals surface area contributed by atoms with Crippen LogP contribution in [0, 0.1) is 11.3 Å². The predicted molar refractivity (Wildman–Crippen MR) is 118 cm³/mol. The van der Waals surface area contributed by atoms with E-state index < -0.39 is 0 Å². The van der Waals surface area contributed by atoms with Crippen molar-refractivity contribution in [1.29, 1.82) is 5.26 Å². The number of carbonyl (C=O) groups is 1. The molecular formula is C24H28N4O3. The molecular weight excluding hydrogens is 392 g/mol. The summed E-state index contributed by atoms with van der Waals surface area (Å²) in [7, 11) is 3.36. The highest BCUT2D eigenvalue weighted by Crippen LogP contribution is 2.28. The quantitative estimate of drug-likeness (QED) is 0.715. The number of piperazine rings is 1. The minimum Gasteiger partial charge on any atom is -0.497 e. The molecule has 1 amide bonds. The molecule has 0 spiro atoms. The van der Waals surface area contributed by atoms with Crippen molar-refractivity contribution in [3.63, 3.8) is 0 Å². The SMILES string of the molecule is COc1ccc(OC)c(CN2CCN(C3CCN(c4ccc(C#N)cc4)C3=O)CC2)c1. The van der Waals surface area contributed by atoms with Gasteiger partial charge in [-0.1, -0.05) is 0 Å². The van der Waals surface area contributed by atoms with Crippen LogP contribution in [0.1, 0.15) is 17.5 Å². The Morgan fingerprint density at radius 2 is 1.74 bits per heavy atom. The number of ether oxygens (including phenoxy) is 2. The maximum Gasteiger partial charge on any atom is 0.244 e. The molecule has 0 radical (unpaired) electrons. The molecule has 2 fully saturated rings. The molecule has 0 aliphatic carbocycles. The molecule has 7 heteroatoms. The summed E-state index contributed by atoms with van der Waals surface area (Å²) < 4.78 is 10.9. The van der Waals surface area contributed by atoms with E-state index in [2.05, 4.69) is 15.9 Å². The van der Waals surface area contributed by atoms with Gasteiger partial charge in [0.15, 0.2) is 0 Å². The number of nitriles is 1. The van der Waals surface area contributed by atoms with Crippen molar-refractivity contribution < 1.29 is 14.3 Å². The second kappa shape index (κ2) is 9.38. The lowest BCUT2D eigenvalue weighted by Crippen LogP contribution is -2.52. The summed E-state index contributed by atoms with van der Waals surface area (Å²) in [5.41, 5.74) is 2.59. The molecule has 0 saturated carbocycles. The fourth-order valence-corrected chi connectivity index (χ4v) is 4.46. The fourth-order valence-electron chi connectivity index (χ4n) is 4.46. The number of hydrogen-bond acceptors (Lipinski definition) is 6. The zero-order valence-corrected chi connectivity index (χ0v) is 18.1. The number of anilines is 1. The van der Waals surface area contributed by atoms with Gasteiger partial charge in [-0.3, -0.25) is 14.6 Å². The van der Waals surface area contributed by atoms with Crippen molar-refractivity contribution in [3.05, 3.63) is 53.6 Å². The fraction of sp³-hybridized carbons (Fsp3) is 0.417. The van der Waals surface area contributed by atoms with Crippen molar-refractivity contribution in [2.75, 3.05) is 51.8 Å². The van der Waals surface area contributed by atoms with E-state index >= 15 is 0 Å². The van der Waals surface area contributed by atoms with Gasteiger partial charge in [-0.15, -0.1) is 0 Å². The van der Waals surface area contributed by atoms with Gasteiger partial charge in [0.1, 0.15) is 11.5 Å². The van der Waals surface area contributed by atoms with E-state index in [1.165, 1.54) is 0 Å². The zero-order chi connectivity index (χ0) is 21.8. The van der Waals surface area contributed by atoms with E-state index in [-0.39, 0.29) is 11.9 Å². The predicted octanol–water partition coefficient (Wildman–Crippen LogP) is 2.50. The molecule has 2 aliphatic heterocycles. The third kappa shape index (κ3) is 4.50. The summed E-state index contributed by atoms with van der Waals surface area (Å²) >= 11 is 0. The van der Waals surface area contributed by atoms with Crippen molar-refractivity contribution in [2.24, 2.45) is 0 Å². The van der Waals surface area contributed by atoms with Gasteiger partial charge in [-0.25, -0.2) is 0 Å². The molecule has 1 atom stereocenters. The van der Waals surface area contributed by atoms with Crippen LogP contribution in [0.2, 0.25) is 0 Å². The molecule has 7 nitrogen and oxygen atoms in total. The second-order valence-corrected chi connectivity index (χ2v) is 7.94. The van der Waals surface area contributed by atoms with Gasteiger partial charge in [0.2, 0.25) is 5.91 Å². The summed E-state index contributed by atoms with van der Waals surface area (Å²) in [5, 5.41) is 8.97.